The van der Waals surface area contributed by atoms with Crippen molar-refractivity contribution >= 4 is 44.5 Å². The highest BCUT2D eigenvalue weighted by atomic mass is 79.9. The summed E-state index contributed by atoms with van der Waals surface area (Å²) < 4.78 is 1.03. The Morgan fingerprint density at radius 1 is 1.17 bits per heavy atom. The van der Waals surface area contributed by atoms with Crippen LogP contribution in [0.4, 0.5) is 5.69 Å². The Kier molecular flexibility index (Phi) is 5.68. The Labute approximate surface area is 193 Å². The Morgan fingerprint density at radius 3 is 2.30 bits per heavy atom. The summed E-state index contributed by atoms with van der Waals surface area (Å²) in [5.41, 5.74) is 1.14. The van der Waals surface area contributed by atoms with E-state index in [9.17, 15) is 4.79 Å². The van der Waals surface area contributed by atoms with Gasteiger partial charge in [-0.2, -0.15) is 0 Å². The molecule has 1 heterocycles. The highest BCUT2D eigenvalue weighted by Crippen LogP contribution is 2.57. The van der Waals surface area contributed by atoms with Crippen molar-refractivity contribution in [2.45, 2.75) is 70.5 Å². The summed E-state index contributed by atoms with van der Waals surface area (Å²) in [4.78, 5) is 22.6. The molecule has 162 valence electrons. The summed E-state index contributed by atoms with van der Waals surface area (Å²) in [6, 6.07) is 8.10. The van der Waals surface area contributed by atoms with Crippen molar-refractivity contribution in [3.63, 3.8) is 0 Å². The summed E-state index contributed by atoms with van der Waals surface area (Å²) in [5, 5.41) is 1.19. The Balaban J connectivity index is 1.44. The molecule has 6 heteroatoms. The molecule has 0 radical (unpaired) electrons. The average molecular weight is 491 g/mol. The highest BCUT2D eigenvalue weighted by Gasteiger charge is 2.52. The van der Waals surface area contributed by atoms with Crippen LogP contribution in [0.3, 0.4) is 0 Å². The van der Waals surface area contributed by atoms with E-state index in [1.54, 1.807) is 6.92 Å². The van der Waals surface area contributed by atoms with Crippen LogP contribution in [0.25, 0.3) is 0 Å². The van der Waals surface area contributed by atoms with Crippen LogP contribution in [0.1, 0.15) is 58.8 Å². The largest absolute Gasteiger partial charge is 0.330 e. The molecule has 4 aliphatic carbocycles. The van der Waals surface area contributed by atoms with Gasteiger partial charge in [0.2, 0.25) is 5.91 Å². The van der Waals surface area contributed by atoms with Crippen LogP contribution >= 0.6 is 27.7 Å². The zero-order valence-corrected chi connectivity index (χ0v) is 20.4. The standard InChI is InChI=1S/C24H32BrN3OS/c1-3-8-27-22(28(16(2)29)21-6-4-20(25)5-7-21)15-30-23(27)26-24-12-17-9-18(13-24)11-19(10-17)14-24/h4-7,17-19,22H,3,8-15H2,1-2H3. The number of thioether (sulfide) groups is 1. The van der Waals surface area contributed by atoms with Crippen LogP contribution in [-0.4, -0.2) is 40.0 Å². The molecule has 4 saturated carbocycles. The minimum Gasteiger partial charge on any atom is -0.330 e. The first-order valence-electron chi connectivity index (χ1n) is 11.5. The van der Waals surface area contributed by atoms with Gasteiger partial charge < -0.3 is 4.90 Å². The van der Waals surface area contributed by atoms with Crippen LogP contribution in [0.2, 0.25) is 0 Å². The molecule has 1 aromatic rings. The summed E-state index contributed by atoms with van der Waals surface area (Å²) in [5.74, 6) is 3.69. The molecular weight excluding hydrogens is 458 g/mol. The number of amidine groups is 1. The summed E-state index contributed by atoms with van der Waals surface area (Å²) in [6.07, 6.45) is 9.30. The van der Waals surface area contributed by atoms with Crippen molar-refractivity contribution in [3.8, 4) is 0 Å². The second-order valence-electron chi connectivity index (χ2n) is 9.89. The van der Waals surface area contributed by atoms with Gasteiger partial charge in [0.05, 0.1) is 5.54 Å². The van der Waals surface area contributed by atoms with E-state index in [0.29, 0.717) is 0 Å². The molecule has 1 aromatic carbocycles. The fourth-order valence-corrected chi connectivity index (χ4v) is 8.34. The van der Waals surface area contributed by atoms with E-state index < -0.39 is 0 Å². The molecule has 6 rings (SSSR count). The smallest absolute Gasteiger partial charge is 0.225 e. The number of benzene rings is 1. The number of carbonyl (C=O) groups is 1. The van der Waals surface area contributed by atoms with Gasteiger partial charge in [0.15, 0.2) is 5.17 Å². The van der Waals surface area contributed by atoms with Crippen molar-refractivity contribution in [1.82, 2.24) is 4.90 Å². The van der Waals surface area contributed by atoms with Crippen LogP contribution in [0.5, 0.6) is 0 Å². The molecule has 30 heavy (non-hydrogen) atoms. The van der Waals surface area contributed by atoms with Gasteiger partial charge in [0.25, 0.3) is 0 Å². The Hall–Kier alpha value is -1.01. The maximum Gasteiger partial charge on any atom is 0.225 e. The van der Waals surface area contributed by atoms with Crippen molar-refractivity contribution in [2.75, 3.05) is 17.2 Å². The molecule has 0 aromatic heterocycles. The number of carbonyl (C=O) groups excluding carboxylic acids is 1. The van der Waals surface area contributed by atoms with Crippen molar-refractivity contribution in [2.24, 2.45) is 22.7 Å². The first kappa shape index (κ1) is 20.9. The first-order chi connectivity index (χ1) is 14.5. The predicted molar refractivity (Wildman–Crippen MR) is 129 cm³/mol. The van der Waals surface area contributed by atoms with E-state index in [1.807, 2.05) is 40.9 Å². The van der Waals surface area contributed by atoms with Crippen LogP contribution in [0.15, 0.2) is 33.7 Å². The molecule has 1 amide bonds. The van der Waals surface area contributed by atoms with E-state index in [1.165, 1.54) is 43.7 Å². The molecule has 1 atom stereocenters. The third kappa shape index (κ3) is 3.83. The van der Waals surface area contributed by atoms with Gasteiger partial charge in [-0.1, -0.05) is 34.6 Å². The second-order valence-corrected chi connectivity index (χ2v) is 11.8. The Bertz CT molecular complexity index is 804. The maximum atomic E-state index is 12.7. The zero-order valence-electron chi connectivity index (χ0n) is 18.0. The molecule has 4 nitrogen and oxygen atoms in total. The number of hydrogen-bond acceptors (Lipinski definition) is 3. The minimum atomic E-state index is 0.0429. The van der Waals surface area contributed by atoms with Crippen molar-refractivity contribution in [3.05, 3.63) is 28.7 Å². The van der Waals surface area contributed by atoms with Gasteiger partial charge in [0.1, 0.15) is 6.17 Å². The average Bonchev–Trinajstić information content (AvgIpc) is 3.04. The lowest BCUT2D eigenvalue weighted by atomic mass is 9.53. The molecule has 5 aliphatic rings. The molecule has 5 fully saturated rings. The number of aliphatic imine (C=N–C) groups is 1. The van der Waals surface area contributed by atoms with Gasteiger partial charge in [-0.15, -0.1) is 0 Å². The van der Waals surface area contributed by atoms with Crippen LogP contribution in [0, 0.1) is 17.8 Å². The number of hydrogen-bond donors (Lipinski definition) is 0. The molecular formula is C24H32BrN3OS. The molecule has 1 saturated heterocycles. The monoisotopic (exact) mass is 489 g/mol. The molecule has 4 bridgehead atoms. The fraction of sp³-hybridized carbons (Fsp3) is 0.667. The summed E-state index contributed by atoms with van der Waals surface area (Å²) >= 11 is 5.38. The lowest BCUT2D eigenvalue weighted by Crippen LogP contribution is -2.52. The number of halogens is 1. The third-order valence-electron chi connectivity index (χ3n) is 7.51. The van der Waals surface area contributed by atoms with Gasteiger partial charge >= 0.3 is 0 Å². The second kappa shape index (κ2) is 8.16. The SMILES string of the molecule is CCCN1C(=NC23CC4CC(CC(C4)C2)C3)SCC1N(C(C)=O)c1ccc(Br)cc1. The normalized spacial score (nSPS) is 36.0. The van der Waals surface area contributed by atoms with Gasteiger partial charge in [0, 0.05) is 29.4 Å². The highest BCUT2D eigenvalue weighted by molar-refractivity contribution is 9.10. The number of nitrogens with zero attached hydrogens (tertiary/aromatic N) is 3. The number of rotatable bonds is 5. The van der Waals surface area contributed by atoms with Crippen molar-refractivity contribution in [1.29, 1.82) is 0 Å². The van der Waals surface area contributed by atoms with Gasteiger partial charge in [-0.25, -0.2) is 0 Å². The van der Waals surface area contributed by atoms with E-state index in [4.69, 9.17) is 4.99 Å². The topological polar surface area (TPSA) is 35.9 Å². The van der Waals surface area contributed by atoms with E-state index >= 15 is 0 Å². The molecule has 1 aliphatic heterocycles. The predicted octanol–water partition coefficient (Wildman–Crippen LogP) is 5.91. The maximum absolute atomic E-state index is 12.7. The third-order valence-corrected chi connectivity index (χ3v) is 9.09. The lowest BCUT2D eigenvalue weighted by Gasteiger charge is -2.55. The number of anilines is 1. The Morgan fingerprint density at radius 2 is 1.77 bits per heavy atom. The quantitative estimate of drug-likeness (QED) is 0.515. The zero-order chi connectivity index (χ0) is 20.9. The minimum absolute atomic E-state index is 0.0429. The van der Waals surface area contributed by atoms with E-state index in [-0.39, 0.29) is 17.6 Å². The summed E-state index contributed by atoms with van der Waals surface area (Å²) in [6.45, 7) is 4.86. The van der Waals surface area contributed by atoms with Gasteiger partial charge in [-0.05, 0) is 87.0 Å². The summed E-state index contributed by atoms with van der Waals surface area (Å²) in [7, 11) is 0. The molecule has 1 unspecified atom stereocenters. The van der Waals surface area contributed by atoms with Crippen LogP contribution < -0.4 is 4.90 Å². The van der Waals surface area contributed by atoms with E-state index in [2.05, 4.69) is 27.8 Å². The van der Waals surface area contributed by atoms with Gasteiger partial charge in [-0.3, -0.25) is 14.7 Å². The van der Waals surface area contributed by atoms with Crippen LogP contribution in [-0.2, 0) is 4.79 Å². The first-order valence-corrected chi connectivity index (χ1v) is 13.3. The lowest BCUT2D eigenvalue weighted by molar-refractivity contribution is -0.117. The molecule has 0 N–H and O–H groups in total. The van der Waals surface area contributed by atoms with Crippen molar-refractivity contribution < 1.29 is 4.79 Å². The molecule has 0 spiro atoms. The number of amides is 1. The van der Waals surface area contributed by atoms with E-state index in [0.717, 1.165) is 46.6 Å². The fourth-order valence-electron chi connectivity index (χ4n) is 6.82.